The van der Waals surface area contributed by atoms with Gasteiger partial charge in [-0.1, -0.05) is 30.3 Å². The van der Waals surface area contributed by atoms with Crippen LogP contribution < -0.4 is 5.32 Å². The molecule has 0 spiro atoms. The summed E-state index contributed by atoms with van der Waals surface area (Å²) in [4.78, 5) is 28.6. The molecule has 0 saturated heterocycles. The van der Waals surface area contributed by atoms with Gasteiger partial charge in [0.25, 0.3) is 5.91 Å². The minimum Gasteiger partial charge on any atom is -0.476 e. The first-order chi connectivity index (χ1) is 8.68. The van der Waals surface area contributed by atoms with Crippen molar-refractivity contribution in [2.24, 2.45) is 0 Å². The highest BCUT2D eigenvalue weighted by molar-refractivity contribution is 6.02. The summed E-state index contributed by atoms with van der Waals surface area (Å²) in [6.07, 6.45) is 1.17. The molecule has 6 nitrogen and oxygen atoms in total. The number of hydrogen-bond acceptors (Lipinski definition) is 3. The molecule has 1 aromatic carbocycles. The van der Waals surface area contributed by atoms with Crippen molar-refractivity contribution in [1.82, 2.24) is 15.3 Å². The van der Waals surface area contributed by atoms with Crippen molar-refractivity contribution in [1.29, 1.82) is 0 Å². The van der Waals surface area contributed by atoms with Crippen LogP contribution >= 0.6 is 0 Å². The van der Waals surface area contributed by atoms with Crippen LogP contribution in [0.5, 0.6) is 0 Å². The predicted molar refractivity (Wildman–Crippen MR) is 62.9 cm³/mol. The summed E-state index contributed by atoms with van der Waals surface area (Å²) in [7, 11) is 0. The molecule has 0 atom stereocenters. The van der Waals surface area contributed by atoms with E-state index >= 15 is 0 Å². The summed E-state index contributed by atoms with van der Waals surface area (Å²) in [5.41, 5.74) is 0.436. The maximum Gasteiger partial charge on any atom is 0.356 e. The van der Waals surface area contributed by atoms with Crippen molar-refractivity contribution < 1.29 is 14.7 Å². The molecule has 1 heterocycles. The van der Waals surface area contributed by atoms with E-state index in [1.54, 1.807) is 0 Å². The molecule has 0 aliphatic rings. The Morgan fingerprint density at radius 3 is 2.67 bits per heavy atom. The van der Waals surface area contributed by atoms with Gasteiger partial charge >= 0.3 is 5.97 Å². The average Bonchev–Trinajstić information content (AvgIpc) is 2.86. The van der Waals surface area contributed by atoms with Crippen molar-refractivity contribution in [3.8, 4) is 0 Å². The molecule has 0 aliphatic carbocycles. The Bertz CT molecular complexity index is 563. The van der Waals surface area contributed by atoms with Gasteiger partial charge in [-0.25, -0.2) is 9.78 Å². The number of carboxylic acids is 1. The highest BCUT2D eigenvalue weighted by Crippen LogP contribution is 2.04. The smallest absolute Gasteiger partial charge is 0.356 e. The number of carbonyl (C=O) groups excluding carboxylic acids is 1. The second kappa shape index (κ2) is 5.13. The fourth-order valence-electron chi connectivity index (χ4n) is 1.40. The van der Waals surface area contributed by atoms with E-state index in [9.17, 15) is 9.59 Å². The van der Waals surface area contributed by atoms with Gasteiger partial charge in [0.05, 0.1) is 12.9 Å². The first-order valence-electron chi connectivity index (χ1n) is 5.14. The van der Waals surface area contributed by atoms with Crippen molar-refractivity contribution in [3.05, 3.63) is 60.2 Å². The summed E-state index contributed by atoms with van der Waals surface area (Å²) in [6, 6.07) is 9.14. The summed E-state index contributed by atoms with van der Waals surface area (Å²) in [5, 5.41) is 11.3. The minimum atomic E-state index is -1.25. The lowest BCUT2D eigenvalue weighted by atomic mass is 10.2. The number of carbonyl (C=O) groups is 2. The van der Waals surface area contributed by atoms with Crippen LogP contribution in [0.4, 0.5) is 0 Å². The van der Waals surface area contributed by atoms with Crippen LogP contribution in [0.3, 0.4) is 0 Å². The Kier molecular flexibility index (Phi) is 3.38. The van der Waals surface area contributed by atoms with Crippen molar-refractivity contribution in [2.75, 3.05) is 0 Å². The van der Waals surface area contributed by atoms with Crippen LogP contribution in [0.25, 0.3) is 0 Å². The number of aromatic amines is 1. The van der Waals surface area contributed by atoms with E-state index in [0.29, 0.717) is 0 Å². The number of hydrogen-bond donors (Lipinski definition) is 3. The van der Waals surface area contributed by atoms with Crippen molar-refractivity contribution in [2.45, 2.75) is 0 Å². The third kappa shape index (κ3) is 2.54. The largest absolute Gasteiger partial charge is 0.476 e. The van der Waals surface area contributed by atoms with Crippen LogP contribution in [0.15, 0.2) is 36.7 Å². The second-order valence-corrected chi connectivity index (χ2v) is 3.46. The van der Waals surface area contributed by atoms with E-state index in [-0.39, 0.29) is 11.4 Å². The molecule has 3 N–H and O–H groups in total. The number of aromatic nitrogens is 2. The number of amides is 1. The molecule has 6 heteroatoms. The maximum absolute atomic E-state index is 11.7. The zero-order chi connectivity index (χ0) is 13.0. The average molecular weight is 244 g/mol. The van der Waals surface area contributed by atoms with E-state index in [4.69, 9.17) is 5.11 Å². The molecule has 1 aromatic heterocycles. The SMILES string of the molecule is O=C(O)c1nc[nH]c1C(=O)N[CH]c1ccccc1. The number of H-pyrrole nitrogens is 1. The molecule has 2 aromatic rings. The number of rotatable bonds is 4. The van der Waals surface area contributed by atoms with Crippen molar-refractivity contribution >= 4 is 11.9 Å². The highest BCUT2D eigenvalue weighted by Gasteiger charge is 2.19. The van der Waals surface area contributed by atoms with Crippen molar-refractivity contribution in [3.63, 3.8) is 0 Å². The molecule has 0 aliphatic heterocycles. The van der Waals surface area contributed by atoms with Gasteiger partial charge in [-0.3, -0.25) is 4.79 Å². The molecule has 1 amide bonds. The van der Waals surface area contributed by atoms with E-state index < -0.39 is 11.9 Å². The summed E-state index contributed by atoms with van der Waals surface area (Å²) < 4.78 is 0. The maximum atomic E-state index is 11.7. The van der Waals surface area contributed by atoms with Gasteiger partial charge in [-0.2, -0.15) is 0 Å². The molecular weight excluding hydrogens is 234 g/mol. The summed E-state index contributed by atoms with van der Waals surface area (Å²) >= 11 is 0. The normalized spacial score (nSPS) is 10.0. The molecule has 2 rings (SSSR count). The van der Waals surface area contributed by atoms with Gasteiger partial charge in [0, 0.05) is 0 Å². The third-order valence-electron chi connectivity index (χ3n) is 2.24. The molecule has 1 radical (unpaired) electrons. The number of nitrogens with zero attached hydrogens (tertiary/aromatic N) is 1. The van der Waals surface area contributed by atoms with Gasteiger partial charge in [-0.05, 0) is 5.56 Å². The molecule has 18 heavy (non-hydrogen) atoms. The van der Waals surface area contributed by atoms with Crippen LogP contribution in [-0.4, -0.2) is 27.0 Å². The molecular formula is C12H10N3O3. The Morgan fingerprint density at radius 1 is 1.28 bits per heavy atom. The quantitative estimate of drug-likeness (QED) is 0.749. The predicted octanol–water partition coefficient (Wildman–Crippen LogP) is 1.05. The number of carboxylic acid groups (broad SMARTS) is 1. The monoisotopic (exact) mass is 244 g/mol. The Hall–Kier alpha value is -2.63. The zero-order valence-electron chi connectivity index (χ0n) is 9.25. The Balaban J connectivity index is 2.04. The van der Waals surface area contributed by atoms with Gasteiger partial charge in [0.1, 0.15) is 5.69 Å². The fraction of sp³-hybridized carbons (Fsp3) is 0. The third-order valence-corrected chi connectivity index (χ3v) is 2.24. The molecule has 0 saturated carbocycles. The Labute approximate surface area is 103 Å². The topological polar surface area (TPSA) is 95.1 Å². The standard InChI is InChI=1S/C12H10N3O3/c16-11(9-10(12(17)18)15-7-14-9)13-6-8-4-2-1-3-5-8/h1-7H,(H,13,16)(H,14,15)(H,17,18). The van der Waals surface area contributed by atoms with E-state index in [1.807, 2.05) is 30.3 Å². The number of aromatic carboxylic acids is 1. The van der Waals surface area contributed by atoms with Gasteiger partial charge in [0.15, 0.2) is 5.69 Å². The van der Waals surface area contributed by atoms with E-state index in [1.165, 1.54) is 12.9 Å². The lowest BCUT2D eigenvalue weighted by Crippen LogP contribution is -2.23. The van der Waals surface area contributed by atoms with E-state index in [0.717, 1.165) is 5.56 Å². The second-order valence-electron chi connectivity index (χ2n) is 3.46. The highest BCUT2D eigenvalue weighted by atomic mass is 16.4. The van der Waals surface area contributed by atoms with Gasteiger partial charge in [-0.15, -0.1) is 0 Å². The molecule has 91 valence electrons. The van der Waals surface area contributed by atoms with E-state index in [2.05, 4.69) is 15.3 Å². The Morgan fingerprint density at radius 2 is 2.00 bits per heavy atom. The molecule has 0 unspecified atom stereocenters. The van der Waals surface area contributed by atoms with Gasteiger partial charge in [0.2, 0.25) is 0 Å². The van der Waals surface area contributed by atoms with Gasteiger partial charge < -0.3 is 15.4 Å². The lowest BCUT2D eigenvalue weighted by molar-refractivity contribution is 0.0685. The fourth-order valence-corrected chi connectivity index (χ4v) is 1.40. The molecule has 0 fully saturated rings. The minimum absolute atomic E-state index is 0.0744. The first kappa shape index (κ1) is 11.8. The van der Waals surface area contributed by atoms with Crippen LogP contribution in [0.1, 0.15) is 26.5 Å². The number of nitrogens with one attached hydrogen (secondary N) is 2. The zero-order valence-corrected chi connectivity index (χ0v) is 9.25. The lowest BCUT2D eigenvalue weighted by Gasteiger charge is -2.03. The molecule has 0 bridgehead atoms. The number of benzene rings is 1. The van der Waals surface area contributed by atoms with Crippen LogP contribution in [-0.2, 0) is 0 Å². The number of imidazole rings is 1. The first-order valence-corrected chi connectivity index (χ1v) is 5.14. The summed E-state index contributed by atoms with van der Waals surface area (Å²) in [5.74, 6) is -1.80. The van der Waals surface area contributed by atoms with Crippen LogP contribution in [0.2, 0.25) is 0 Å². The summed E-state index contributed by atoms with van der Waals surface area (Å²) in [6.45, 7) is 1.49. The van der Waals surface area contributed by atoms with Crippen LogP contribution in [0, 0.1) is 6.54 Å².